The van der Waals surface area contributed by atoms with Gasteiger partial charge in [0.05, 0.1) is 7.11 Å². The number of ether oxygens (including phenoxy) is 2. The Bertz CT molecular complexity index is 976. The molecule has 0 unspecified atom stereocenters. The minimum Gasteiger partial charge on any atom is -0.493 e. The fraction of sp³-hybridized carbons (Fsp3) is 0.200. The molecule has 1 amide bonds. The lowest BCUT2D eigenvalue weighted by Gasteiger charge is -2.11. The van der Waals surface area contributed by atoms with Gasteiger partial charge in [-0.1, -0.05) is 23.5 Å². The van der Waals surface area contributed by atoms with Crippen molar-refractivity contribution in [2.45, 2.75) is 19.9 Å². The van der Waals surface area contributed by atoms with Gasteiger partial charge in [0.25, 0.3) is 0 Å². The number of hydrogen-bond donors (Lipinski definition) is 1. The number of carbonyl (C=O) groups is 1. The molecule has 1 N–H and O–H groups in total. The van der Waals surface area contributed by atoms with Crippen molar-refractivity contribution in [1.29, 1.82) is 0 Å². The van der Waals surface area contributed by atoms with Gasteiger partial charge in [-0.05, 0) is 43.3 Å². The Morgan fingerprint density at radius 2 is 1.81 bits per heavy atom. The van der Waals surface area contributed by atoms with E-state index in [1.54, 1.807) is 41.3 Å². The van der Waals surface area contributed by atoms with Crippen molar-refractivity contribution in [1.82, 2.24) is 4.57 Å². The Morgan fingerprint density at radius 1 is 1.11 bits per heavy atom. The van der Waals surface area contributed by atoms with E-state index in [-0.39, 0.29) is 17.2 Å². The summed E-state index contributed by atoms with van der Waals surface area (Å²) in [6.07, 6.45) is 0.233. The molecule has 0 saturated carbocycles. The number of carbonyl (C=O) groups excluding carboxylic acids is 1. The average Bonchev–Trinajstić information content (AvgIpc) is 3.00. The van der Waals surface area contributed by atoms with Crippen LogP contribution in [0.5, 0.6) is 17.2 Å². The Hall–Kier alpha value is -3.06. The van der Waals surface area contributed by atoms with Crippen molar-refractivity contribution in [3.63, 3.8) is 0 Å². The van der Waals surface area contributed by atoms with Crippen LogP contribution in [0.15, 0.2) is 58.7 Å². The van der Waals surface area contributed by atoms with Crippen molar-refractivity contribution in [3.05, 3.63) is 69.3 Å². The Morgan fingerprint density at radius 3 is 2.44 bits per heavy atom. The molecule has 0 aliphatic rings. The molecule has 140 valence electrons. The minimum atomic E-state index is -0.147. The molecule has 0 saturated heterocycles. The smallest absolute Gasteiger partial charge is 0.307 e. The molecule has 0 aliphatic carbocycles. The van der Waals surface area contributed by atoms with Gasteiger partial charge in [0, 0.05) is 29.7 Å². The lowest BCUT2D eigenvalue weighted by Crippen LogP contribution is -2.20. The predicted molar refractivity (Wildman–Crippen MR) is 106 cm³/mol. The van der Waals surface area contributed by atoms with Crippen LogP contribution in [0, 0.1) is 6.92 Å². The van der Waals surface area contributed by atoms with Crippen molar-refractivity contribution < 1.29 is 14.3 Å². The number of aromatic nitrogens is 1. The van der Waals surface area contributed by atoms with E-state index in [0.717, 1.165) is 17.0 Å². The Labute approximate surface area is 161 Å². The molecule has 0 bridgehead atoms. The van der Waals surface area contributed by atoms with E-state index in [2.05, 4.69) is 5.32 Å². The molecule has 0 aliphatic heterocycles. The highest BCUT2D eigenvalue weighted by molar-refractivity contribution is 7.07. The molecule has 3 rings (SSSR count). The number of hydrogen-bond acceptors (Lipinski definition) is 5. The van der Waals surface area contributed by atoms with Gasteiger partial charge in [-0.3, -0.25) is 9.59 Å². The fourth-order valence-corrected chi connectivity index (χ4v) is 3.31. The number of methoxy groups -OCH3 is 1. The maximum absolute atomic E-state index is 12.1. The van der Waals surface area contributed by atoms with Crippen LogP contribution in [0.25, 0.3) is 0 Å². The average molecular weight is 384 g/mol. The third-order valence-corrected chi connectivity index (χ3v) is 4.85. The van der Waals surface area contributed by atoms with Gasteiger partial charge in [-0.15, -0.1) is 0 Å². The zero-order chi connectivity index (χ0) is 19.2. The molecule has 0 fully saturated rings. The SMILES string of the molecule is COc1ccccc1Oc1ccc(NC(=O)CCn2c(C)csc2=O)cc1. The number of anilines is 1. The van der Waals surface area contributed by atoms with Crippen LogP contribution >= 0.6 is 11.3 Å². The van der Waals surface area contributed by atoms with Gasteiger partial charge in [0.2, 0.25) is 5.91 Å². The third-order valence-electron chi connectivity index (χ3n) is 3.97. The number of nitrogens with one attached hydrogen (secondary N) is 1. The zero-order valence-corrected chi connectivity index (χ0v) is 15.9. The normalized spacial score (nSPS) is 10.4. The van der Waals surface area contributed by atoms with E-state index in [4.69, 9.17) is 9.47 Å². The molecular formula is C20H20N2O4S. The van der Waals surface area contributed by atoms with E-state index in [1.807, 2.05) is 31.2 Å². The van der Waals surface area contributed by atoms with Crippen LogP contribution in [-0.4, -0.2) is 17.6 Å². The maximum Gasteiger partial charge on any atom is 0.307 e. The second-order valence-electron chi connectivity index (χ2n) is 5.87. The molecule has 27 heavy (non-hydrogen) atoms. The zero-order valence-electron chi connectivity index (χ0n) is 15.1. The van der Waals surface area contributed by atoms with Crippen LogP contribution in [-0.2, 0) is 11.3 Å². The van der Waals surface area contributed by atoms with Crippen molar-refractivity contribution in [2.75, 3.05) is 12.4 Å². The van der Waals surface area contributed by atoms with Crippen LogP contribution in [0.1, 0.15) is 12.1 Å². The first-order valence-corrected chi connectivity index (χ1v) is 9.30. The summed E-state index contributed by atoms with van der Waals surface area (Å²) in [5, 5.41) is 4.62. The first-order chi connectivity index (χ1) is 13.1. The second-order valence-corrected chi connectivity index (χ2v) is 6.69. The third kappa shape index (κ3) is 4.77. The van der Waals surface area contributed by atoms with Gasteiger partial charge >= 0.3 is 4.87 Å². The molecule has 2 aromatic carbocycles. The number of rotatable bonds is 7. The number of thiazole rings is 1. The number of amides is 1. The lowest BCUT2D eigenvalue weighted by atomic mass is 10.2. The molecule has 0 spiro atoms. The molecule has 0 atom stereocenters. The van der Waals surface area contributed by atoms with Crippen LogP contribution in [0.4, 0.5) is 5.69 Å². The largest absolute Gasteiger partial charge is 0.493 e. The second kappa shape index (κ2) is 8.55. The summed E-state index contributed by atoms with van der Waals surface area (Å²) in [5.74, 6) is 1.76. The topological polar surface area (TPSA) is 69.6 Å². The molecule has 7 heteroatoms. The van der Waals surface area contributed by atoms with E-state index in [1.165, 1.54) is 0 Å². The van der Waals surface area contributed by atoms with Crippen LogP contribution in [0.2, 0.25) is 0 Å². The monoisotopic (exact) mass is 384 g/mol. The summed E-state index contributed by atoms with van der Waals surface area (Å²) in [4.78, 5) is 23.7. The summed E-state index contributed by atoms with van der Waals surface area (Å²) >= 11 is 1.14. The highest BCUT2D eigenvalue weighted by Crippen LogP contribution is 2.31. The maximum atomic E-state index is 12.1. The summed E-state index contributed by atoms with van der Waals surface area (Å²) in [6, 6.07) is 14.5. The first-order valence-electron chi connectivity index (χ1n) is 8.42. The van der Waals surface area contributed by atoms with E-state index in [0.29, 0.717) is 29.5 Å². The molecule has 6 nitrogen and oxygen atoms in total. The first kappa shape index (κ1) is 18.7. The summed E-state index contributed by atoms with van der Waals surface area (Å²) in [5.41, 5.74) is 1.54. The number of benzene rings is 2. The van der Waals surface area contributed by atoms with Gasteiger partial charge < -0.3 is 19.4 Å². The highest BCUT2D eigenvalue weighted by Gasteiger charge is 2.08. The van der Waals surface area contributed by atoms with Crippen LogP contribution in [0.3, 0.4) is 0 Å². The summed E-state index contributed by atoms with van der Waals surface area (Å²) < 4.78 is 12.7. The lowest BCUT2D eigenvalue weighted by molar-refractivity contribution is -0.116. The van der Waals surface area contributed by atoms with E-state index in [9.17, 15) is 9.59 Å². The Kier molecular flexibility index (Phi) is 5.93. The van der Waals surface area contributed by atoms with Crippen molar-refractivity contribution in [2.24, 2.45) is 0 Å². The van der Waals surface area contributed by atoms with E-state index < -0.39 is 0 Å². The minimum absolute atomic E-state index is 0.0434. The van der Waals surface area contributed by atoms with Gasteiger partial charge in [-0.2, -0.15) is 0 Å². The van der Waals surface area contributed by atoms with E-state index >= 15 is 0 Å². The quantitative estimate of drug-likeness (QED) is 0.667. The number of para-hydroxylation sites is 2. The highest BCUT2D eigenvalue weighted by atomic mass is 32.1. The van der Waals surface area contributed by atoms with Crippen LogP contribution < -0.4 is 19.7 Å². The van der Waals surface area contributed by atoms with Gasteiger partial charge in [0.15, 0.2) is 11.5 Å². The molecule has 0 radical (unpaired) electrons. The number of nitrogens with zero attached hydrogens (tertiary/aromatic N) is 1. The van der Waals surface area contributed by atoms with Crippen molar-refractivity contribution >= 4 is 22.9 Å². The summed E-state index contributed by atoms with van der Waals surface area (Å²) in [7, 11) is 1.59. The Balaban J connectivity index is 1.57. The molecule has 1 heterocycles. The van der Waals surface area contributed by atoms with Gasteiger partial charge in [0.1, 0.15) is 5.75 Å². The molecule has 3 aromatic rings. The van der Waals surface area contributed by atoms with Crippen molar-refractivity contribution in [3.8, 4) is 17.2 Å². The molecular weight excluding hydrogens is 364 g/mol. The molecule has 1 aromatic heterocycles. The van der Waals surface area contributed by atoms with Gasteiger partial charge in [-0.25, -0.2) is 0 Å². The predicted octanol–water partition coefficient (Wildman–Crippen LogP) is 4.05. The standard InChI is InChI=1S/C20H20N2O4S/c1-14-13-27-20(24)22(14)12-11-19(23)21-15-7-9-16(10-8-15)26-18-6-4-3-5-17(18)25-2/h3-10,13H,11-12H2,1-2H3,(H,21,23). The number of aryl methyl sites for hydroxylation is 1. The fourth-order valence-electron chi connectivity index (χ4n) is 2.55. The summed E-state index contributed by atoms with van der Waals surface area (Å²) in [6.45, 7) is 2.23.